The number of rotatable bonds is 2. The lowest BCUT2D eigenvalue weighted by molar-refractivity contribution is 0.0959. The summed E-state index contributed by atoms with van der Waals surface area (Å²) in [5, 5.41) is 10.9. The van der Waals surface area contributed by atoms with E-state index in [9.17, 15) is 4.79 Å². The zero-order valence-corrected chi connectivity index (χ0v) is 7.40. The van der Waals surface area contributed by atoms with Crippen molar-refractivity contribution in [1.29, 1.82) is 5.39 Å². The van der Waals surface area contributed by atoms with Gasteiger partial charge < -0.3 is 5.32 Å². The second-order valence-electron chi connectivity index (χ2n) is 2.53. The van der Waals surface area contributed by atoms with E-state index in [1.54, 1.807) is 12.1 Å². The Morgan fingerprint density at radius 2 is 2.14 bits per heavy atom. The van der Waals surface area contributed by atoms with E-state index in [0.717, 1.165) is 0 Å². The Morgan fingerprint density at radius 1 is 1.50 bits per heavy atom. The Morgan fingerprint density at radius 3 is 2.64 bits per heavy atom. The summed E-state index contributed by atoms with van der Waals surface area (Å²) >= 11 is 0. The average molecular weight is 186 g/mol. The van der Waals surface area contributed by atoms with Crippen LogP contribution in [-0.4, -0.2) is 12.5 Å². The lowest BCUT2D eigenvalue weighted by atomic mass is 10.2. The number of amides is 1. The number of hydrogen-bond acceptors (Lipinski definition) is 2. The van der Waals surface area contributed by atoms with Crippen LogP contribution in [0.15, 0.2) is 24.3 Å². The lowest BCUT2D eigenvalue weighted by Crippen LogP contribution is -2.23. The first-order chi connectivity index (χ1) is 6.77. The first kappa shape index (κ1) is 9.76. The Bertz CT molecular complexity index is 408. The molecule has 1 amide bonds. The van der Waals surface area contributed by atoms with Crippen molar-refractivity contribution in [3.63, 3.8) is 0 Å². The van der Waals surface area contributed by atoms with Gasteiger partial charge in [-0.05, 0) is 12.1 Å². The number of terminal acetylenes is 1. The van der Waals surface area contributed by atoms with Gasteiger partial charge in [0.1, 0.15) is 0 Å². The van der Waals surface area contributed by atoms with Gasteiger partial charge in [0.05, 0.1) is 6.54 Å². The van der Waals surface area contributed by atoms with Gasteiger partial charge in [0.25, 0.3) is 5.91 Å². The van der Waals surface area contributed by atoms with Crippen molar-refractivity contribution >= 4 is 11.6 Å². The molecule has 1 aromatic carbocycles. The minimum atomic E-state index is -0.243. The second kappa shape index (κ2) is 4.64. The smallest absolute Gasteiger partial charge is 0.341 e. The molecule has 0 saturated carbocycles. The highest BCUT2D eigenvalue weighted by Gasteiger charge is 2.07. The van der Waals surface area contributed by atoms with Crippen molar-refractivity contribution in [1.82, 2.24) is 5.32 Å². The first-order valence-corrected chi connectivity index (χ1v) is 3.94. The molecule has 0 aromatic heterocycles. The summed E-state index contributed by atoms with van der Waals surface area (Å²) in [5.41, 5.74) is 0.881. The number of nitrogens with zero attached hydrogens (tertiary/aromatic N) is 2. The number of hydrogen-bond donors (Lipinski definition) is 1. The quantitative estimate of drug-likeness (QED) is 0.562. The fourth-order valence-corrected chi connectivity index (χ4v) is 0.913. The van der Waals surface area contributed by atoms with E-state index in [4.69, 9.17) is 11.8 Å². The minimum absolute atomic E-state index is 0.199. The molecule has 0 heterocycles. The fourth-order valence-electron chi connectivity index (χ4n) is 0.913. The topological polar surface area (TPSA) is 57.2 Å². The molecule has 1 rings (SSSR count). The van der Waals surface area contributed by atoms with Crippen LogP contribution >= 0.6 is 0 Å². The highest BCUT2D eigenvalue weighted by Crippen LogP contribution is 2.12. The van der Waals surface area contributed by atoms with Gasteiger partial charge in [-0.15, -0.1) is 6.42 Å². The average Bonchev–Trinajstić information content (AvgIpc) is 2.26. The van der Waals surface area contributed by atoms with Gasteiger partial charge in [-0.2, -0.15) is 0 Å². The molecule has 0 spiro atoms. The zero-order chi connectivity index (χ0) is 10.4. The van der Waals surface area contributed by atoms with E-state index in [-0.39, 0.29) is 12.5 Å². The Balaban J connectivity index is 2.74. The van der Waals surface area contributed by atoms with Gasteiger partial charge in [0.15, 0.2) is 4.98 Å². The van der Waals surface area contributed by atoms with Crippen LogP contribution in [0.1, 0.15) is 10.4 Å². The molecular weight excluding hydrogens is 178 g/mol. The molecule has 0 radical (unpaired) electrons. The van der Waals surface area contributed by atoms with Gasteiger partial charge >= 0.3 is 5.69 Å². The van der Waals surface area contributed by atoms with Crippen molar-refractivity contribution in [2.24, 2.45) is 0 Å². The molecule has 0 atom stereocenters. The predicted octanol–water partition coefficient (Wildman–Crippen LogP) is 1.53. The highest BCUT2D eigenvalue weighted by molar-refractivity contribution is 5.94. The van der Waals surface area contributed by atoms with Crippen LogP contribution in [-0.2, 0) is 0 Å². The van der Waals surface area contributed by atoms with Crippen LogP contribution in [0.2, 0.25) is 0 Å². The van der Waals surface area contributed by atoms with E-state index in [1.165, 1.54) is 12.1 Å². The molecule has 1 N–H and O–H groups in total. The van der Waals surface area contributed by atoms with Gasteiger partial charge in [0, 0.05) is 17.7 Å². The van der Waals surface area contributed by atoms with E-state index < -0.39 is 0 Å². The third-order valence-corrected chi connectivity index (χ3v) is 1.60. The number of carbonyl (C=O) groups excluding carboxylic acids is 1. The summed E-state index contributed by atoms with van der Waals surface area (Å²) in [6.07, 6.45) is 4.99. The first-order valence-electron chi connectivity index (χ1n) is 3.94. The molecule has 4 nitrogen and oxygen atoms in total. The number of benzene rings is 1. The zero-order valence-electron chi connectivity index (χ0n) is 7.40. The van der Waals surface area contributed by atoms with E-state index in [1.807, 2.05) is 0 Å². The molecule has 0 aliphatic rings. The molecule has 0 aliphatic heterocycles. The minimum Gasteiger partial charge on any atom is -0.341 e. The molecule has 14 heavy (non-hydrogen) atoms. The van der Waals surface area contributed by atoms with Crippen LogP contribution < -0.4 is 5.32 Å². The summed E-state index contributed by atoms with van der Waals surface area (Å²) < 4.78 is 0. The van der Waals surface area contributed by atoms with Crippen LogP contribution in [0.5, 0.6) is 0 Å². The fraction of sp³-hybridized carbons (Fsp3) is 0.100. The van der Waals surface area contributed by atoms with Crippen LogP contribution in [0.25, 0.3) is 4.98 Å². The maximum atomic E-state index is 11.3. The van der Waals surface area contributed by atoms with E-state index in [0.29, 0.717) is 11.3 Å². The summed E-state index contributed by atoms with van der Waals surface area (Å²) in [5.74, 6) is 2.06. The molecule has 1 aromatic rings. The van der Waals surface area contributed by atoms with Gasteiger partial charge in [-0.3, -0.25) is 4.79 Å². The van der Waals surface area contributed by atoms with Crippen molar-refractivity contribution in [3.05, 3.63) is 34.8 Å². The Labute approximate surface area is 81.6 Å². The number of nitrogens with one attached hydrogen (secondary N) is 1. The maximum Gasteiger partial charge on any atom is 0.385 e. The lowest BCUT2D eigenvalue weighted by Gasteiger charge is -1.98. The Hall–Kier alpha value is -2.33. The van der Waals surface area contributed by atoms with Crippen molar-refractivity contribution in [2.45, 2.75) is 0 Å². The van der Waals surface area contributed by atoms with Gasteiger partial charge in [-0.25, -0.2) is 0 Å². The highest BCUT2D eigenvalue weighted by atomic mass is 16.1. The van der Waals surface area contributed by atoms with Crippen LogP contribution in [0.3, 0.4) is 0 Å². The second-order valence-corrected chi connectivity index (χ2v) is 2.53. The largest absolute Gasteiger partial charge is 0.385 e. The predicted molar refractivity (Wildman–Crippen MR) is 52.4 cm³/mol. The molecule has 0 aliphatic carbocycles. The maximum absolute atomic E-state index is 11.3. The van der Waals surface area contributed by atoms with E-state index >= 15 is 0 Å². The van der Waals surface area contributed by atoms with Crippen molar-refractivity contribution in [3.8, 4) is 12.3 Å². The van der Waals surface area contributed by atoms with Crippen LogP contribution in [0.4, 0.5) is 5.69 Å². The van der Waals surface area contributed by atoms with E-state index in [2.05, 4.69) is 16.2 Å². The molecule has 4 heteroatoms. The molecule has 0 fully saturated rings. The summed E-state index contributed by atoms with van der Waals surface area (Å²) in [6.45, 7) is 0.199. The van der Waals surface area contributed by atoms with Crippen LogP contribution in [0, 0.1) is 17.7 Å². The van der Waals surface area contributed by atoms with Gasteiger partial charge in [0.2, 0.25) is 5.39 Å². The van der Waals surface area contributed by atoms with Crippen molar-refractivity contribution < 1.29 is 4.79 Å². The van der Waals surface area contributed by atoms with Crippen molar-refractivity contribution in [2.75, 3.05) is 6.54 Å². The monoisotopic (exact) mass is 186 g/mol. The standard InChI is InChI=1S/C10H7N3O/c1-2-7-12-10(14)8-3-5-9(13-11)6-4-8/h1,3-6H,7H2/p+1. The molecule has 68 valence electrons. The molecular formula is C10H8N3O+. The Kier molecular flexibility index (Phi) is 3.23. The number of carbonyl (C=O) groups is 1. The molecule has 0 saturated heterocycles. The summed E-state index contributed by atoms with van der Waals surface area (Å²) in [7, 11) is 0. The summed E-state index contributed by atoms with van der Waals surface area (Å²) in [4.78, 5) is 14.3. The third kappa shape index (κ3) is 2.33. The van der Waals surface area contributed by atoms with Gasteiger partial charge in [-0.1, -0.05) is 5.92 Å². The third-order valence-electron chi connectivity index (χ3n) is 1.60. The normalized spacial score (nSPS) is 8.43. The number of diazo groups is 1. The molecule has 0 bridgehead atoms. The summed E-state index contributed by atoms with van der Waals surface area (Å²) in [6, 6.07) is 6.18. The molecule has 0 unspecified atom stereocenters. The SMILES string of the molecule is C#CCNC(=O)c1ccc([N+]#N)cc1.